The highest BCUT2D eigenvalue weighted by atomic mass is 15.5. The zero-order chi connectivity index (χ0) is 15.5. The molecule has 0 aliphatic carbocycles. The summed E-state index contributed by atoms with van der Waals surface area (Å²) >= 11 is 0. The molecular weight excluding hydrogens is 288 g/mol. The fraction of sp³-hybridized carbons (Fsp3) is 0.529. The van der Waals surface area contributed by atoms with Gasteiger partial charge in [-0.25, -0.2) is 0 Å². The Morgan fingerprint density at radius 3 is 2.65 bits per heavy atom. The van der Waals surface area contributed by atoms with Crippen LogP contribution in [0.4, 0.5) is 0 Å². The molecule has 1 unspecified atom stereocenters. The van der Waals surface area contributed by atoms with Gasteiger partial charge < -0.3 is 5.32 Å². The van der Waals surface area contributed by atoms with Crippen LogP contribution in [0.3, 0.4) is 0 Å². The van der Waals surface area contributed by atoms with Gasteiger partial charge in [0.1, 0.15) is 0 Å². The van der Waals surface area contributed by atoms with Gasteiger partial charge in [0.15, 0.2) is 0 Å². The van der Waals surface area contributed by atoms with Crippen LogP contribution in [0.2, 0.25) is 0 Å². The molecule has 0 amide bonds. The standard InChI is InChI=1S/C17H24N6/c1-2-4-16(5-3-1)23-19-12-15(20-23)14-21-8-10-22(11-9-21)17-6-7-18-13-17/h1-5,12,17-18H,6-11,13-14H2. The van der Waals surface area contributed by atoms with Gasteiger partial charge in [0, 0.05) is 45.3 Å². The molecule has 2 fully saturated rings. The zero-order valence-corrected chi connectivity index (χ0v) is 13.4. The molecule has 6 heteroatoms. The Kier molecular flexibility index (Phi) is 4.37. The van der Waals surface area contributed by atoms with Gasteiger partial charge in [-0.3, -0.25) is 9.80 Å². The van der Waals surface area contributed by atoms with Gasteiger partial charge in [0.2, 0.25) is 0 Å². The largest absolute Gasteiger partial charge is 0.315 e. The van der Waals surface area contributed by atoms with Gasteiger partial charge >= 0.3 is 0 Å². The van der Waals surface area contributed by atoms with Crippen molar-refractivity contribution in [2.45, 2.75) is 19.0 Å². The topological polar surface area (TPSA) is 49.2 Å². The number of piperazine rings is 1. The van der Waals surface area contributed by atoms with Gasteiger partial charge in [0.05, 0.1) is 17.6 Å². The molecule has 4 rings (SSSR count). The maximum atomic E-state index is 4.61. The highest BCUT2D eigenvalue weighted by Gasteiger charge is 2.26. The summed E-state index contributed by atoms with van der Waals surface area (Å²) in [7, 11) is 0. The zero-order valence-electron chi connectivity index (χ0n) is 13.4. The highest BCUT2D eigenvalue weighted by molar-refractivity contribution is 5.28. The summed E-state index contributed by atoms with van der Waals surface area (Å²) in [5, 5.41) is 12.5. The molecule has 2 aliphatic rings. The maximum absolute atomic E-state index is 4.61. The lowest BCUT2D eigenvalue weighted by atomic mass is 10.2. The van der Waals surface area contributed by atoms with E-state index in [0.717, 1.165) is 43.6 Å². The first kappa shape index (κ1) is 14.8. The lowest BCUT2D eigenvalue weighted by molar-refractivity contribution is 0.0973. The highest BCUT2D eigenvalue weighted by Crippen LogP contribution is 2.13. The molecule has 0 radical (unpaired) electrons. The van der Waals surface area contributed by atoms with Gasteiger partial charge in [0.25, 0.3) is 0 Å². The molecule has 6 nitrogen and oxygen atoms in total. The second kappa shape index (κ2) is 6.78. The van der Waals surface area contributed by atoms with Gasteiger partial charge in [-0.05, 0) is 25.1 Å². The lowest BCUT2D eigenvalue weighted by Gasteiger charge is -2.37. The summed E-state index contributed by atoms with van der Waals surface area (Å²) < 4.78 is 0. The maximum Gasteiger partial charge on any atom is 0.0971 e. The van der Waals surface area contributed by atoms with Crippen LogP contribution in [-0.4, -0.2) is 70.1 Å². The average molecular weight is 312 g/mol. The first-order valence-corrected chi connectivity index (χ1v) is 8.52. The van der Waals surface area contributed by atoms with Gasteiger partial charge in [-0.2, -0.15) is 15.0 Å². The Hall–Kier alpha value is -1.76. The van der Waals surface area contributed by atoms with E-state index >= 15 is 0 Å². The third kappa shape index (κ3) is 3.44. The van der Waals surface area contributed by atoms with Crippen molar-refractivity contribution in [3.8, 4) is 5.69 Å². The fourth-order valence-electron chi connectivity index (χ4n) is 3.52. The second-order valence-corrected chi connectivity index (χ2v) is 6.42. The van der Waals surface area contributed by atoms with Crippen LogP contribution in [0, 0.1) is 0 Å². The normalized spacial score (nSPS) is 23.4. The Bertz CT molecular complexity index is 611. The first-order valence-electron chi connectivity index (χ1n) is 8.52. The van der Waals surface area contributed by atoms with Crippen LogP contribution in [0.25, 0.3) is 5.69 Å². The van der Waals surface area contributed by atoms with Crippen molar-refractivity contribution in [2.75, 3.05) is 39.3 Å². The summed E-state index contributed by atoms with van der Waals surface area (Å²) in [6, 6.07) is 10.8. The van der Waals surface area contributed by atoms with Gasteiger partial charge in [-0.15, -0.1) is 0 Å². The molecule has 122 valence electrons. The van der Waals surface area contributed by atoms with E-state index in [1.807, 2.05) is 36.5 Å². The van der Waals surface area contributed by atoms with Crippen molar-refractivity contribution in [1.29, 1.82) is 0 Å². The quantitative estimate of drug-likeness (QED) is 0.903. The Balaban J connectivity index is 1.32. The van der Waals surface area contributed by atoms with E-state index in [2.05, 4.69) is 25.3 Å². The van der Waals surface area contributed by atoms with Crippen molar-refractivity contribution >= 4 is 0 Å². The van der Waals surface area contributed by atoms with Gasteiger partial charge in [-0.1, -0.05) is 18.2 Å². The Labute approximate surface area is 137 Å². The molecule has 0 bridgehead atoms. The summed E-state index contributed by atoms with van der Waals surface area (Å²) in [4.78, 5) is 6.84. The van der Waals surface area contributed by atoms with Crippen LogP contribution >= 0.6 is 0 Å². The smallest absolute Gasteiger partial charge is 0.0971 e. The van der Waals surface area contributed by atoms with E-state index in [4.69, 9.17) is 0 Å². The van der Waals surface area contributed by atoms with E-state index in [9.17, 15) is 0 Å². The number of hydrogen-bond acceptors (Lipinski definition) is 5. The number of rotatable bonds is 4. The summed E-state index contributed by atoms with van der Waals surface area (Å²) in [6.07, 6.45) is 3.19. The molecule has 1 atom stereocenters. The Morgan fingerprint density at radius 2 is 1.91 bits per heavy atom. The summed E-state index contributed by atoms with van der Waals surface area (Å²) in [6.45, 7) is 7.80. The Morgan fingerprint density at radius 1 is 1.09 bits per heavy atom. The molecule has 2 saturated heterocycles. The molecular formula is C17H24N6. The van der Waals surface area contributed by atoms with E-state index in [0.29, 0.717) is 0 Å². The summed E-state index contributed by atoms with van der Waals surface area (Å²) in [5.41, 5.74) is 2.06. The number of benzene rings is 1. The monoisotopic (exact) mass is 312 g/mol. The molecule has 1 aromatic heterocycles. The molecule has 2 aliphatic heterocycles. The minimum atomic E-state index is 0.746. The average Bonchev–Trinajstić information content (AvgIpc) is 3.28. The third-order valence-corrected chi connectivity index (χ3v) is 4.87. The van der Waals surface area contributed by atoms with Crippen LogP contribution in [0.5, 0.6) is 0 Å². The van der Waals surface area contributed by atoms with Crippen LogP contribution in [0.1, 0.15) is 12.1 Å². The molecule has 23 heavy (non-hydrogen) atoms. The van der Waals surface area contributed by atoms with Crippen LogP contribution in [-0.2, 0) is 6.54 Å². The number of nitrogens with one attached hydrogen (secondary N) is 1. The molecule has 2 aromatic rings. The van der Waals surface area contributed by atoms with E-state index in [-0.39, 0.29) is 0 Å². The fourth-order valence-corrected chi connectivity index (χ4v) is 3.52. The molecule has 1 aromatic carbocycles. The van der Waals surface area contributed by atoms with Crippen molar-refractivity contribution < 1.29 is 0 Å². The van der Waals surface area contributed by atoms with Crippen molar-refractivity contribution in [2.24, 2.45) is 0 Å². The van der Waals surface area contributed by atoms with E-state index in [1.165, 1.54) is 26.1 Å². The van der Waals surface area contributed by atoms with E-state index in [1.54, 1.807) is 4.80 Å². The number of hydrogen-bond donors (Lipinski definition) is 1. The lowest BCUT2D eigenvalue weighted by Crippen LogP contribution is -2.50. The van der Waals surface area contributed by atoms with Crippen molar-refractivity contribution in [1.82, 2.24) is 30.1 Å². The SMILES string of the molecule is c1ccc(-n2ncc(CN3CCN(C4CCNC4)CC3)n2)cc1. The first-order chi connectivity index (χ1) is 11.4. The van der Waals surface area contributed by atoms with Crippen LogP contribution < -0.4 is 5.32 Å². The predicted octanol–water partition coefficient (Wildman–Crippen LogP) is 0.747. The third-order valence-electron chi connectivity index (χ3n) is 4.87. The van der Waals surface area contributed by atoms with Crippen molar-refractivity contribution in [3.05, 3.63) is 42.2 Å². The summed E-state index contributed by atoms with van der Waals surface area (Å²) in [5.74, 6) is 0. The minimum absolute atomic E-state index is 0.746. The predicted molar refractivity (Wildman–Crippen MR) is 89.5 cm³/mol. The number of para-hydroxylation sites is 1. The molecule has 3 heterocycles. The number of aromatic nitrogens is 3. The number of nitrogens with zero attached hydrogens (tertiary/aromatic N) is 5. The van der Waals surface area contributed by atoms with Crippen LogP contribution in [0.15, 0.2) is 36.5 Å². The minimum Gasteiger partial charge on any atom is -0.315 e. The molecule has 0 spiro atoms. The molecule has 0 saturated carbocycles. The second-order valence-electron chi connectivity index (χ2n) is 6.42. The van der Waals surface area contributed by atoms with Crippen molar-refractivity contribution in [3.63, 3.8) is 0 Å². The van der Waals surface area contributed by atoms with E-state index < -0.39 is 0 Å². The molecule has 1 N–H and O–H groups in total.